The zero-order valence-electron chi connectivity index (χ0n) is 12.1. The van der Waals surface area contributed by atoms with Gasteiger partial charge < -0.3 is 13.3 Å². The van der Waals surface area contributed by atoms with Gasteiger partial charge in [0.1, 0.15) is 0 Å². The maximum Gasteiger partial charge on any atom is 0.537 e. The second-order valence-corrected chi connectivity index (χ2v) is 6.54. The lowest BCUT2D eigenvalue weighted by Crippen LogP contribution is -2.56. The van der Waals surface area contributed by atoms with Crippen LogP contribution in [-0.2, 0) is 13.3 Å². The predicted molar refractivity (Wildman–Crippen MR) is 76.7 cm³/mol. The van der Waals surface area contributed by atoms with Gasteiger partial charge in [0.25, 0.3) is 0 Å². The van der Waals surface area contributed by atoms with Gasteiger partial charge >= 0.3 is 8.80 Å². The summed E-state index contributed by atoms with van der Waals surface area (Å²) in [6.07, 6.45) is 0. The van der Waals surface area contributed by atoms with Crippen molar-refractivity contribution in [2.24, 2.45) is 0 Å². The van der Waals surface area contributed by atoms with Crippen LogP contribution in [0.25, 0.3) is 0 Å². The molecule has 0 fully saturated rings. The maximum atomic E-state index is 11.3. The number of rotatable bonds is 8. The second kappa shape index (κ2) is 7.55. The Labute approximate surface area is 116 Å². The predicted octanol–water partition coefficient (Wildman–Crippen LogP) is 2.14. The minimum atomic E-state index is -2.84. The van der Waals surface area contributed by atoms with Crippen LogP contribution < -0.4 is 5.19 Å². The first-order chi connectivity index (χ1) is 9.09. The van der Waals surface area contributed by atoms with Crippen molar-refractivity contribution in [3.8, 4) is 0 Å². The first kappa shape index (κ1) is 16.0. The van der Waals surface area contributed by atoms with Crippen molar-refractivity contribution < 1.29 is 18.1 Å². The van der Waals surface area contributed by atoms with Gasteiger partial charge in [-0.1, -0.05) is 24.3 Å². The Kier molecular flexibility index (Phi) is 6.37. The highest BCUT2D eigenvalue weighted by Crippen LogP contribution is 2.12. The van der Waals surface area contributed by atoms with E-state index in [1.807, 2.05) is 32.9 Å². The first-order valence-electron chi connectivity index (χ1n) is 6.63. The summed E-state index contributed by atoms with van der Waals surface area (Å²) >= 11 is 0. The molecule has 0 aromatic heterocycles. The van der Waals surface area contributed by atoms with Crippen molar-refractivity contribution in [1.29, 1.82) is 0 Å². The number of carbonyl (C=O) groups is 1. The SMILES string of the molecule is CCO[Si](OCC)(OCC)c1ccc(C(C)=O)cc1. The van der Waals surface area contributed by atoms with Crippen LogP contribution in [0.5, 0.6) is 0 Å². The maximum absolute atomic E-state index is 11.3. The molecular weight excluding hydrogens is 260 g/mol. The molecule has 0 atom stereocenters. The van der Waals surface area contributed by atoms with E-state index in [1.54, 1.807) is 19.1 Å². The van der Waals surface area contributed by atoms with Crippen LogP contribution in [0.15, 0.2) is 24.3 Å². The number of hydrogen-bond donors (Lipinski definition) is 0. The van der Waals surface area contributed by atoms with Gasteiger partial charge in [0, 0.05) is 30.6 Å². The summed E-state index contributed by atoms with van der Waals surface area (Å²) in [5.41, 5.74) is 0.677. The highest BCUT2D eigenvalue weighted by molar-refractivity contribution is 6.75. The van der Waals surface area contributed by atoms with E-state index < -0.39 is 8.80 Å². The zero-order valence-corrected chi connectivity index (χ0v) is 13.1. The van der Waals surface area contributed by atoms with Crippen molar-refractivity contribution in [1.82, 2.24) is 0 Å². The normalized spacial score (nSPS) is 11.6. The molecule has 1 rings (SSSR count). The van der Waals surface area contributed by atoms with Crippen molar-refractivity contribution in [3.05, 3.63) is 29.8 Å². The Hall–Kier alpha value is -1.01. The Morgan fingerprint density at radius 2 is 1.37 bits per heavy atom. The molecule has 19 heavy (non-hydrogen) atoms. The largest absolute Gasteiger partial charge is 0.537 e. The third-order valence-electron chi connectivity index (χ3n) is 2.65. The van der Waals surface area contributed by atoms with E-state index in [1.165, 1.54) is 0 Å². The average molecular weight is 282 g/mol. The fraction of sp³-hybridized carbons (Fsp3) is 0.500. The molecule has 0 aliphatic heterocycles. The van der Waals surface area contributed by atoms with E-state index in [0.29, 0.717) is 25.4 Å². The molecule has 0 radical (unpaired) electrons. The summed E-state index contributed by atoms with van der Waals surface area (Å²) in [4.78, 5) is 11.3. The van der Waals surface area contributed by atoms with Crippen LogP contribution >= 0.6 is 0 Å². The molecular formula is C14H22O4Si. The van der Waals surface area contributed by atoms with Gasteiger partial charge in [-0.3, -0.25) is 4.79 Å². The molecule has 0 spiro atoms. The molecule has 0 aliphatic carbocycles. The second-order valence-electron chi connectivity index (χ2n) is 3.99. The van der Waals surface area contributed by atoms with Crippen molar-refractivity contribution in [2.45, 2.75) is 27.7 Å². The standard InChI is InChI=1S/C14H22O4Si/c1-5-16-19(17-6-2,18-7-3)14-10-8-13(9-11-14)12(4)15/h8-11H,5-7H2,1-4H3. The Balaban J connectivity index is 3.10. The first-order valence-corrected chi connectivity index (χ1v) is 8.35. The molecule has 0 N–H and O–H groups in total. The number of hydrogen-bond acceptors (Lipinski definition) is 4. The minimum Gasteiger partial charge on any atom is -0.370 e. The van der Waals surface area contributed by atoms with Crippen LogP contribution in [0.3, 0.4) is 0 Å². The summed E-state index contributed by atoms with van der Waals surface area (Å²) in [7, 11) is -2.84. The number of carbonyl (C=O) groups excluding carboxylic acids is 1. The Morgan fingerprint density at radius 3 is 1.68 bits per heavy atom. The molecule has 0 aliphatic rings. The van der Waals surface area contributed by atoms with Gasteiger partial charge in [0.15, 0.2) is 5.78 Å². The van der Waals surface area contributed by atoms with Crippen LogP contribution in [0, 0.1) is 0 Å². The van der Waals surface area contributed by atoms with Gasteiger partial charge in [0.2, 0.25) is 0 Å². The third kappa shape index (κ3) is 3.97. The van der Waals surface area contributed by atoms with Gasteiger partial charge in [0.05, 0.1) is 0 Å². The lowest BCUT2D eigenvalue weighted by atomic mass is 10.2. The molecule has 1 aromatic carbocycles. The molecule has 0 unspecified atom stereocenters. The summed E-state index contributed by atoms with van der Waals surface area (Å²) in [5, 5.41) is 0.892. The molecule has 0 bridgehead atoms. The van der Waals surface area contributed by atoms with Crippen LogP contribution in [0.1, 0.15) is 38.1 Å². The highest BCUT2D eigenvalue weighted by Gasteiger charge is 2.43. The monoisotopic (exact) mass is 282 g/mol. The van der Waals surface area contributed by atoms with E-state index in [-0.39, 0.29) is 5.78 Å². The topological polar surface area (TPSA) is 44.8 Å². The van der Waals surface area contributed by atoms with Crippen LogP contribution in [0.4, 0.5) is 0 Å². The molecule has 5 heteroatoms. The Bertz CT molecular complexity index is 385. The molecule has 0 heterocycles. The van der Waals surface area contributed by atoms with Crippen molar-refractivity contribution >= 4 is 19.8 Å². The number of ketones is 1. The van der Waals surface area contributed by atoms with E-state index in [0.717, 1.165) is 5.19 Å². The molecule has 4 nitrogen and oxygen atoms in total. The number of benzene rings is 1. The zero-order chi connectivity index (χ0) is 14.3. The lowest BCUT2D eigenvalue weighted by molar-refractivity contribution is 0.0858. The summed E-state index contributed by atoms with van der Waals surface area (Å²) in [6.45, 7) is 8.90. The lowest BCUT2D eigenvalue weighted by Gasteiger charge is -2.28. The van der Waals surface area contributed by atoms with Gasteiger partial charge in [-0.05, 0) is 27.7 Å². The highest BCUT2D eigenvalue weighted by atomic mass is 28.4. The van der Waals surface area contributed by atoms with Crippen LogP contribution in [-0.4, -0.2) is 34.4 Å². The van der Waals surface area contributed by atoms with Gasteiger partial charge in [-0.2, -0.15) is 0 Å². The van der Waals surface area contributed by atoms with Crippen LogP contribution in [0.2, 0.25) is 0 Å². The number of Topliss-reactive ketones (excluding diaryl/α,β-unsaturated/α-hetero) is 1. The molecule has 1 aromatic rings. The molecule has 106 valence electrons. The fourth-order valence-corrected chi connectivity index (χ4v) is 4.32. The molecule has 0 amide bonds. The quantitative estimate of drug-likeness (QED) is 0.541. The smallest absolute Gasteiger partial charge is 0.370 e. The van der Waals surface area contributed by atoms with Gasteiger partial charge in [-0.15, -0.1) is 0 Å². The summed E-state index contributed by atoms with van der Waals surface area (Å²) in [6, 6.07) is 7.31. The average Bonchev–Trinajstić information content (AvgIpc) is 2.39. The summed E-state index contributed by atoms with van der Waals surface area (Å²) < 4.78 is 17.4. The Morgan fingerprint density at radius 1 is 0.947 bits per heavy atom. The third-order valence-corrected chi connectivity index (χ3v) is 5.69. The minimum absolute atomic E-state index is 0.0445. The molecule has 0 saturated heterocycles. The van der Waals surface area contributed by atoms with E-state index in [4.69, 9.17) is 13.3 Å². The van der Waals surface area contributed by atoms with Gasteiger partial charge in [-0.25, -0.2) is 0 Å². The van der Waals surface area contributed by atoms with E-state index in [2.05, 4.69) is 0 Å². The summed E-state index contributed by atoms with van der Waals surface area (Å²) in [5.74, 6) is 0.0445. The van der Waals surface area contributed by atoms with E-state index >= 15 is 0 Å². The van der Waals surface area contributed by atoms with E-state index in [9.17, 15) is 4.79 Å². The van der Waals surface area contributed by atoms with Crippen molar-refractivity contribution in [3.63, 3.8) is 0 Å². The molecule has 0 saturated carbocycles. The van der Waals surface area contributed by atoms with Crippen molar-refractivity contribution in [2.75, 3.05) is 19.8 Å². The fourth-order valence-electron chi connectivity index (χ4n) is 1.85.